The lowest BCUT2D eigenvalue weighted by Gasteiger charge is -2.26. The van der Waals surface area contributed by atoms with Crippen molar-refractivity contribution in [3.05, 3.63) is 41.1 Å². The van der Waals surface area contributed by atoms with Crippen molar-refractivity contribution in [2.75, 3.05) is 35.9 Å². The fraction of sp³-hybridized carbons (Fsp3) is 0.286. The highest BCUT2D eigenvalue weighted by Gasteiger charge is 2.18. The summed E-state index contributed by atoms with van der Waals surface area (Å²) in [5.41, 5.74) is 0.317. The third-order valence-electron chi connectivity index (χ3n) is 3.31. The van der Waals surface area contributed by atoms with Gasteiger partial charge in [0.1, 0.15) is 4.90 Å². The van der Waals surface area contributed by atoms with Gasteiger partial charge < -0.3 is 9.64 Å². The molecule has 23 heavy (non-hydrogen) atoms. The molecule has 0 radical (unpaired) electrons. The Balaban J connectivity index is 1.76. The zero-order valence-electron chi connectivity index (χ0n) is 12.1. The Hall–Kier alpha value is -1.71. The first-order chi connectivity index (χ1) is 11.1. The van der Waals surface area contributed by atoms with Crippen molar-refractivity contribution < 1.29 is 13.2 Å². The molecule has 122 valence electrons. The van der Waals surface area contributed by atoms with Crippen LogP contribution in [0.25, 0.3) is 0 Å². The molecule has 0 unspecified atom stereocenters. The molecule has 2 heterocycles. The molecular weight excluding hydrogens is 384 g/mol. The second-order valence-electron chi connectivity index (χ2n) is 4.91. The second kappa shape index (κ2) is 6.81. The highest BCUT2D eigenvalue weighted by atomic mass is 79.9. The molecule has 0 atom stereocenters. The van der Waals surface area contributed by atoms with Crippen molar-refractivity contribution in [3.8, 4) is 0 Å². The zero-order valence-corrected chi connectivity index (χ0v) is 14.5. The Kier molecular flexibility index (Phi) is 4.79. The van der Waals surface area contributed by atoms with Crippen molar-refractivity contribution in [3.63, 3.8) is 0 Å². The molecule has 0 bridgehead atoms. The number of sulfonamides is 1. The summed E-state index contributed by atoms with van der Waals surface area (Å²) in [4.78, 5) is 10.6. The molecule has 1 fully saturated rings. The number of rotatable bonds is 4. The fourth-order valence-electron chi connectivity index (χ4n) is 2.17. The quantitative estimate of drug-likeness (QED) is 0.845. The largest absolute Gasteiger partial charge is 0.378 e. The molecule has 1 N–H and O–H groups in total. The van der Waals surface area contributed by atoms with Gasteiger partial charge in [0, 0.05) is 17.6 Å². The van der Waals surface area contributed by atoms with Crippen molar-refractivity contribution >= 4 is 37.6 Å². The standard InChI is InChI=1S/C14H15BrN4O3S/c15-12-3-1-2-4-13(12)23(20,21)18-11-9-16-14(17-10-11)19-5-7-22-8-6-19/h1-4,9-10,18H,5-8H2. The van der Waals surface area contributed by atoms with Gasteiger partial charge in [-0.25, -0.2) is 18.4 Å². The van der Waals surface area contributed by atoms with Gasteiger partial charge in [0.15, 0.2) is 0 Å². The van der Waals surface area contributed by atoms with Crippen LogP contribution in [0.4, 0.5) is 11.6 Å². The van der Waals surface area contributed by atoms with E-state index >= 15 is 0 Å². The van der Waals surface area contributed by atoms with E-state index < -0.39 is 10.0 Å². The fourth-order valence-corrected chi connectivity index (χ4v) is 4.21. The Bertz CT molecular complexity index is 777. The number of hydrogen-bond acceptors (Lipinski definition) is 6. The van der Waals surface area contributed by atoms with Gasteiger partial charge in [-0.2, -0.15) is 0 Å². The molecule has 0 amide bonds. The maximum absolute atomic E-state index is 12.4. The minimum atomic E-state index is -3.69. The molecule has 2 aromatic rings. The van der Waals surface area contributed by atoms with Gasteiger partial charge in [-0.15, -0.1) is 0 Å². The number of nitrogens with one attached hydrogen (secondary N) is 1. The van der Waals surface area contributed by atoms with Crippen molar-refractivity contribution in [1.82, 2.24) is 9.97 Å². The van der Waals surface area contributed by atoms with E-state index in [1.807, 2.05) is 4.90 Å². The Morgan fingerprint density at radius 2 is 1.78 bits per heavy atom. The van der Waals surface area contributed by atoms with E-state index in [0.29, 0.717) is 29.3 Å². The molecule has 1 aliphatic rings. The lowest BCUT2D eigenvalue weighted by molar-refractivity contribution is 0.122. The smallest absolute Gasteiger partial charge is 0.263 e. The normalized spacial score (nSPS) is 15.4. The summed E-state index contributed by atoms with van der Waals surface area (Å²) in [6.45, 7) is 2.73. The number of benzene rings is 1. The molecule has 1 saturated heterocycles. The number of anilines is 2. The van der Waals surface area contributed by atoms with Gasteiger partial charge in [0.25, 0.3) is 10.0 Å². The number of halogens is 1. The van der Waals surface area contributed by atoms with E-state index in [1.165, 1.54) is 18.5 Å². The average Bonchev–Trinajstić information content (AvgIpc) is 2.56. The third kappa shape index (κ3) is 3.80. The highest BCUT2D eigenvalue weighted by molar-refractivity contribution is 9.10. The summed E-state index contributed by atoms with van der Waals surface area (Å²) in [5.74, 6) is 0.567. The first-order valence-corrected chi connectivity index (χ1v) is 9.26. The van der Waals surface area contributed by atoms with Crippen LogP contribution in [0.3, 0.4) is 0 Å². The topological polar surface area (TPSA) is 84.4 Å². The predicted octanol–water partition coefficient (Wildman–Crippen LogP) is 1.88. The van der Waals surface area contributed by atoms with Gasteiger partial charge in [0.05, 0.1) is 31.3 Å². The summed E-state index contributed by atoms with van der Waals surface area (Å²) in [6.07, 6.45) is 2.93. The summed E-state index contributed by atoms with van der Waals surface area (Å²) in [5, 5.41) is 0. The maximum Gasteiger partial charge on any atom is 0.263 e. The lowest BCUT2D eigenvalue weighted by atomic mass is 10.4. The van der Waals surface area contributed by atoms with Crippen LogP contribution in [0, 0.1) is 0 Å². The van der Waals surface area contributed by atoms with Crippen LogP contribution in [0.2, 0.25) is 0 Å². The van der Waals surface area contributed by atoms with E-state index in [-0.39, 0.29) is 4.90 Å². The van der Waals surface area contributed by atoms with Crippen LogP contribution >= 0.6 is 15.9 Å². The first kappa shape index (κ1) is 16.2. The molecule has 7 nitrogen and oxygen atoms in total. The molecule has 1 aromatic heterocycles. The van der Waals surface area contributed by atoms with E-state index in [2.05, 4.69) is 30.6 Å². The van der Waals surface area contributed by atoms with E-state index in [1.54, 1.807) is 18.2 Å². The molecule has 0 spiro atoms. The van der Waals surface area contributed by atoms with E-state index in [0.717, 1.165) is 13.1 Å². The number of morpholine rings is 1. The van der Waals surface area contributed by atoms with Gasteiger partial charge in [-0.1, -0.05) is 12.1 Å². The number of aromatic nitrogens is 2. The summed E-state index contributed by atoms with van der Waals surface area (Å²) in [7, 11) is -3.69. The van der Waals surface area contributed by atoms with Gasteiger partial charge in [-0.05, 0) is 28.1 Å². The molecule has 1 aromatic carbocycles. The number of nitrogens with zero attached hydrogens (tertiary/aromatic N) is 3. The lowest BCUT2D eigenvalue weighted by Crippen LogP contribution is -2.37. The predicted molar refractivity (Wildman–Crippen MR) is 90.0 cm³/mol. The Morgan fingerprint density at radius 1 is 1.13 bits per heavy atom. The minimum Gasteiger partial charge on any atom is -0.378 e. The first-order valence-electron chi connectivity index (χ1n) is 6.98. The van der Waals surface area contributed by atoms with Crippen LogP contribution in [0.5, 0.6) is 0 Å². The van der Waals surface area contributed by atoms with E-state index in [9.17, 15) is 8.42 Å². The number of hydrogen-bond donors (Lipinski definition) is 1. The molecule has 3 rings (SSSR count). The number of ether oxygens (including phenoxy) is 1. The van der Waals surface area contributed by atoms with E-state index in [4.69, 9.17) is 4.74 Å². The van der Waals surface area contributed by atoms with Crippen molar-refractivity contribution in [2.45, 2.75) is 4.90 Å². The van der Waals surface area contributed by atoms with Crippen LogP contribution < -0.4 is 9.62 Å². The van der Waals surface area contributed by atoms with Crippen LogP contribution in [0.15, 0.2) is 46.0 Å². The molecular formula is C14H15BrN4O3S. The van der Waals surface area contributed by atoms with Crippen LogP contribution in [0.1, 0.15) is 0 Å². The summed E-state index contributed by atoms with van der Waals surface area (Å²) < 4.78 is 33.0. The zero-order chi connectivity index (χ0) is 16.3. The van der Waals surface area contributed by atoms with Gasteiger partial charge in [0.2, 0.25) is 5.95 Å². The second-order valence-corrected chi connectivity index (χ2v) is 7.41. The van der Waals surface area contributed by atoms with Crippen molar-refractivity contribution in [2.24, 2.45) is 0 Å². The molecule has 0 aliphatic carbocycles. The van der Waals surface area contributed by atoms with Gasteiger partial charge in [-0.3, -0.25) is 4.72 Å². The molecule has 9 heteroatoms. The Morgan fingerprint density at radius 3 is 2.43 bits per heavy atom. The Labute approximate surface area is 142 Å². The highest BCUT2D eigenvalue weighted by Crippen LogP contribution is 2.23. The minimum absolute atomic E-state index is 0.164. The SMILES string of the molecule is O=S(=O)(Nc1cnc(N2CCOCC2)nc1)c1ccccc1Br. The summed E-state index contributed by atoms with van der Waals surface area (Å²) in [6, 6.07) is 6.61. The van der Waals surface area contributed by atoms with Crippen LogP contribution in [-0.2, 0) is 14.8 Å². The third-order valence-corrected chi connectivity index (χ3v) is 5.70. The monoisotopic (exact) mass is 398 g/mol. The molecule has 1 aliphatic heterocycles. The average molecular weight is 399 g/mol. The van der Waals surface area contributed by atoms with Crippen molar-refractivity contribution in [1.29, 1.82) is 0 Å². The van der Waals surface area contributed by atoms with Crippen LogP contribution in [-0.4, -0.2) is 44.7 Å². The molecule has 0 saturated carbocycles. The summed E-state index contributed by atoms with van der Waals surface area (Å²) >= 11 is 3.24. The van der Waals surface area contributed by atoms with Gasteiger partial charge >= 0.3 is 0 Å². The maximum atomic E-state index is 12.4.